The molecular formula is C7H8N2O2. The molecule has 0 aromatic carbocycles. The van der Waals surface area contributed by atoms with E-state index in [1.807, 2.05) is 0 Å². The normalized spacial score (nSPS) is 9.18. The first-order chi connectivity index (χ1) is 5.34. The van der Waals surface area contributed by atoms with E-state index in [9.17, 15) is 4.79 Å². The number of ether oxygens (including phenoxy) is 1. The van der Waals surface area contributed by atoms with Gasteiger partial charge in [-0.3, -0.25) is 10.7 Å². The van der Waals surface area contributed by atoms with Crippen molar-refractivity contribution in [1.29, 1.82) is 0 Å². The summed E-state index contributed by atoms with van der Waals surface area (Å²) in [4.78, 5) is 14.6. The van der Waals surface area contributed by atoms with Crippen LogP contribution in [-0.4, -0.2) is 17.7 Å². The highest BCUT2D eigenvalue weighted by molar-refractivity contribution is 5.88. The van der Waals surface area contributed by atoms with E-state index in [-0.39, 0.29) is 6.73 Å². The maximum absolute atomic E-state index is 10.9. The van der Waals surface area contributed by atoms with E-state index in [2.05, 4.69) is 9.72 Å². The zero-order chi connectivity index (χ0) is 8.10. The summed E-state index contributed by atoms with van der Waals surface area (Å²) in [6, 6.07) is 3.28. The number of rotatable bonds is 2. The minimum absolute atomic E-state index is 0.103. The number of pyridine rings is 1. The second kappa shape index (κ2) is 3.68. The Bertz CT molecular complexity index is 235. The van der Waals surface area contributed by atoms with Gasteiger partial charge in [0.25, 0.3) is 0 Å². The van der Waals surface area contributed by atoms with Crippen molar-refractivity contribution in [1.82, 2.24) is 4.98 Å². The summed E-state index contributed by atoms with van der Waals surface area (Å²) in [5, 5.41) is 0. The number of nitrogens with two attached hydrogens (primary N) is 1. The maximum atomic E-state index is 10.9. The first kappa shape index (κ1) is 7.68. The summed E-state index contributed by atoms with van der Waals surface area (Å²) in [5.41, 5.74) is 5.42. The van der Waals surface area contributed by atoms with Crippen molar-refractivity contribution in [3.63, 3.8) is 0 Å². The average Bonchev–Trinajstić information content (AvgIpc) is 2.07. The molecule has 1 rings (SSSR count). The van der Waals surface area contributed by atoms with Gasteiger partial charge < -0.3 is 4.74 Å². The third-order valence-electron chi connectivity index (χ3n) is 1.11. The van der Waals surface area contributed by atoms with Gasteiger partial charge in [0.15, 0.2) is 0 Å². The number of carbonyl (C=O) groups excluding carboxylic acids is 1. The molecule has 0 aliphatic heterocycles. The van der Waals surface area contributed by atoms with Crippen molar-refractivity contribution < 1.29 is 9.53 Å². The van der Waals surface area contributed by atoms with E-state index in [1.54, 1.807) is 18.3 Å². The van der Waals surface area contributed by atoms with E-state index in [1.165, 1.54) is 6.20 Å². The SMILES string of the molecule is NCOC(=O)c1cccnc1. The summed E-state index contributed by atoms with van der Waals surface area (Å²) < 4.78 is 4.53. The van der Waals surface area contributed by atoms with Gasteiger partial charge >= 0.3 is 5.97 Å². The van der Waals surface area contributed by atoms with Crippen LogP contribution in [0.4, 0.5) is 0 Å². The lowest BCUT2D eigenvalue weighted by Gasteiger charge is -1.98. The van der Waals surface area contributed by atoms with Crippen LogP contribution in [0.25, 0.3) is 0 Å². The molecule has 2 N–H and O–H groups in total. The van der Waals surface area contributed by atoms with E-state index in [4.69, 9.17) is 5.73 Å². The lowest BCUT2D eigenvalue weighted by atomic mass is 10.3. The first-order valence-electron chi connectivity index (χ1n) is 3.12. The molecule has 1 aromatic rings. The number of carbonyl (C=O) groups is 1. The lowest BCUT2D eigenvalue weighted by Crippen LogP contribution is -2.12. The highest BCUT2D eigenvalue weighted by Gasteiger charge is 2.03. The summed E-state index contributed by atoms with van der Waals surface area (Å²) in [5.74, 6) is -0.444. The van der Waals surface area contributed by atoms with Gasteiger partial charge in [-0.15, -0.1) is 0 Å². The van der Waals surface area contributed by atoms with Gasteiger partial charge in [-0.2, -0.15) is 0 Å². The Morgan fingerprint density at radius 1 is 1.73 bits per heavy atom. The van der Waals surface area contributed by atoms with Crippen molar-refractivity contribution in [2.45, 2.75) is 0 Å². The molecule has 0 aliphatic rings. The van der Waals surface area contributed by atoms with Gasteiger partial charge in [-0.05, 0) is 12.1 Å². The Morgan fingerprint density at radius 2 is 2.55 bits per heavy atom. The second-order valence-corrected chi connectivity index (χ2v) is 1.84. The van der Waals surface area contributed by atoms with Gasteiger partial charge in [0.1, 0.15) is 6.73 Å². The molecule has 0 atom stereocenters. The number of nitrogens with zero attached hydrogens (tertiary/aromatic N) is 1. The zero-order valence-corrected chi connectivity index (χ0v) is 5.86. The maximum Gasteiger partial charge on any atom is 0.341 e. The fraction of sp³-hybridized carbons (Fsp3) is 0.143. The molecule has 0 bridgehead atoms. The quantitative estimate of drug-likeness (QED) is 0.484. The summed E-state index contributed by atoms with van der Waals surface area (Å²) in [6.45, 7) is -0.103. The Morgan fingerprint density at radius 3 is 3.09 bits per heavy atom. The molecule has 1 heterocycles. The lowest BCUT2D eigenvalue weighted by molar-refractivity contribution is 0.0515. The van der Waals surface area contributed by atoms with Crippen molar-refractivity contribution in [2.24, 2.45) is 5.73 Å². The Hall–Kier alpha value is -1.42. The number of esters is 1. The number of aromatic nitrogens is 1. The second-order valence-electron chi connectivity index (χ2n) is 1.84. The predicted octanol–water partition coefficient (Wildman–Crippen LogP) is 0.155. The molecule has 0 spiro atoms. The van der Waals surface area contributed by atoms with Crippen LogP contribution in [0.1, 0.15) is 10.4 Å². The van der Waals surface area contributed by atoms with Crippen LogP contribution in [0.3, 0.4) is 0 Å². The third-order valence-corrected chi connectivity index (χ3v) is 1.11. The first-order valence-corrected chi connectivity index (χ1v) is 3.12. The Labute approximate surface area is 64.0 Å². The van der Waals surface area contributed by atoms with Crippen LogP contribution < -0.4 is 5.73 Å². The molecular weight excluding hydrogens is 144 g/mol. The van der Waals surface area contributed by atoms with E-state index in [0.717, 1.165) is 0 Å². The molecule has 0 unspecified atom stereocenters. The fourth-order valence-corrected chi connectivity index (χ4v) is 0.643. The van der Waals surface area contributed by atoms with Gasteiger partial charge in [0.2, 0.25) is 0 Å². The van der Waals surface area contributed by atoms with Gasteiger partial charge in [0.05, 0.1) is 5.56 Å². The van der Waals surface area contributed by atoms with Crippen molar-refractivity contribution >= 4 is 5.97 Å². The molecule has 0 aliphatic carbocycles. The summed E-state index contributed by atoms with van der Waals surface area (Å²) in [7, 11) is 0. The van der Waals surface area contributed by atoms with E-state index in [0.29, 0.717) is 5.56 Å². The minimum Gasteiger partial charge on any atom is -0.446 e. The minimum atomic E-state index is -0.444. The molecule has 4 nitrogen and oxygen atoms in total. The molecule has 0 amide bonds. The highest BCUT2D eigenvalue weighted by Crippen LogP contribution is 1.96. The molecule has 4 heteroatoms. The Balaban J connectivity index is 2.69. The number of hydrogen-bond donors (Lipinski definition) is 1. The molecule has 0 radical (unpaired) electrons. The third kappa shape index (κ3) is 2.01. The van der Waals surface area contributed by atoms with Crippen LogP contribution in [-0.2, 0) is 4.74 Å². The molecule has 1 aromatic heterocycles. The van der Waals surface area contributed by atoms with E-state index < -0.39 is 5.97 Å². The van der Waals surface area contributed by atoms with Crippen molar-refractivity contribution in [3.8, 4) is 0 Å². The van der Waals surface area contributed by atoms with Crippen LogP contribution in [0.5, 0.6) is 0 Å². The van der Waals surface area contributed by atoms with Crippen LogP contribution in [0.2, 0.25) is 0 Å². The van der Waals surface area contributed by atoms with Crippen LogP contribution >= 0.6 is 0 Å². The van der Waals surface area contributed by atoms with Crippen LogP contribution in [0, 0.1) is 0 Å². The summed E-state index contributed by atoms with van der Waals surface area (Å²) >= 11 is 0. The molecule has 11 heavy (non-hydrogen) atoms. The molecule has 58 valence electrons. The Kier molecular flexibility index (Phi) is 2.57. The van der Waals surface area contributed by atoms with Gasteiger partial charge in [-0.25, -0.2) is 4.79 Å². The van der Waals surface area contributed by atoms with Gasteiger partial charge in [0, 0.05) is 12.4 Å². The topological polar surface area (TPSA) is 65.2 Å². The van der Waals surface area contributed by atoms with Gasteiger partial charge in [-0.1, -0.05) is 0 Å². The van der Waals surface area contributed by atoms with Crippen molar-refractivity contribution in [2.75, 3.05) is 6.73 Å². The predicted molar refractivity (Wildman–Crippen MR) is 38.7 cm³/mol. The van der Waals surface area contributed by atoms with Crippen molar-refractivity contribution in [3.05, 3.63) is 30.1 Å². The molecule has 0 fully saturated rings. The molecule has 0 saturated heterocycles. The monoisotopic (exact) mass is 152 g/mol. The fourth-order valence-electron chi connectivity index (χ4n) is 0.643. The largest absolute Gasteiger partial charge is 0.446 e. The zero-order valence-electron chi connectivity index (χ0n) is 5.86. The molecule has 0 saturated carbocycles. The smallest absolute Gasteiger partial charge is 0.341 e. The number of hydrogen-bond acceptors (Lipinski definition) is 4. The van der Waals surface area contributed by atoms with E-state index >= 15 is 0 Å². The summed E-state index contributed by atoms with van der Waals surface area (Å²) in [6.07, 6.45) is 3.01. The standard InChI is InChI=1S/C7H8N2O2/c8-5-11-7(10)6-2-1-3-9-4-6/h1-4H,5,8H2. The average molecular weight is 152 g/mol. The highest BCUT2D eigenvalue weighted by atomic mass is 16.5. The van der Waals surface area contributed by atoms with Crippen LogP contribution in [0.15, 0.2) is 24.5 Å².